The molecule has 0 aromatic heterocycles. The Hall–Kier alpha value is -2.25. The molecule has 0 heterocycles. The zero-order valence-corrected chi connectivity index (χ0v) is 12.6. The lowest BCUT2D eigenvalue weighted by Crippen LogP contribution is -2.35. The van der Waals surface area contributed by atoms with E-state index in [4.69, 9.17) is 23.2 Å². The van der Waals surface area contributed by atoms with E-state index in [1.807, 2.05) is 0 Å². The van der Waals surface area contributed by atoms with Crippen LogP contribution in [0.3, 0.4) is 0 Å². The summed E-state index contributed by atoms with van der Waals surface area (Å²) in [5.74, 6) is -4.40. The highest BCUT2D eigenvalue weighted by molar-refractivity contribution is 6.35. The molecule has 2 aromatic carbocycles. The predicted molar refractivity (Wildman–Crippen MR) is 79.3 cm³/mol. The van der Waals surface area contributed by atoms with Crippen LogP contribution in [0.5, 0.6) is 0 Å². The Labute approximate surface area is 138 Å². The lowest BCUT2D eigenvalue weighted by molar-refractivity contribution is 0.0959. The number of rotatable bonds is 2. The third-order valence-corrected chi connectivity index (χ3v) is 3.21. The van der Waals surface area contributed by atoms with Gasteiger partial charge in [-0.3, -0.25) is 10.1 Å². The molecule has 2 rings (SSSR count). The van der Waals surface area contributed by atoms with E-state index in [0.717, 1.165) is 30.3 Å². The van der Waals surface area contributed by atoms with E-state index in [1.165, 1.54) is 0 Å². The SMILES string of the molecule is O=C(NC(=O)c1c(F)cccc1F)Nc1cc(Cl)c(F)c(Cl)c1. The molecule has 0 aliphatic heterocycles. The van der Waals surface area contributed by atoms with Crippen LogP contribution < -0.4 is 10.6 Å². The smallest absolute Gasteiger partial charge is 0.308 e. The Balaban J connectivity index is 2.12. The molecular weight excluding hydrogens is 356 g/mol. The minimum absolute atomic E-state index is 0.0132. The van der Waals surface area contributed by atoms with Crippen LogP contribution in [0, 0.1) is 17.5 Å². The molecule has 23 heavy (non-hydrogen) atoms. The number of amides is 3. The van der Waals surface area contributed by atoms with Crippen molar-refractivity contribution in [3.63, 3.8) is 0 Å². The second-order valence-corrected chi connectivity index (χ2v) is 5.07. The lowest BCUT2D eigenvalue weighted by Gasteiger charge is -2.09. The summed E-state index contributed by atoms with van der Waals surface area (Å²) in [5.41, 5.74) is -0.918. The third-order valence-electron chi connectivity index (χ3n) is 2.66. The first kappa shape index (κ1) is 17.1. The van der Waals surface area contributed by atoms with Crippen LogP contribution in [0.15, 0.2) is 30.3 Å². The maximum Gasteiger partial charge on any atom is 0.326 e. The Kier molecular flexibility index (Phi) is 5.12. The quantitative estimate of drug-likeness (QED) is 0.779. The minimum atomic E-state index is -1.28. The summed E-state index contributed by atoms with van der Waals surface area (Å²) >= 11 is 11.1. The predicted octanol–water partition coefficient (Wildman–Crippen LogP) is 4.37. The van der Waals surface area contributed by atoms with Crippen molar-refractivity contribution in [2.45, 2.75) is 0 Å². The summed E-state index contributed by atoms with van der Waals surface area (Å²) in [4.78, 5) is 23.4. The number of anilines is 1. The van der Waals surface area contributed by atoms with Gasteiger partial charge in [0.1, 0.15) is 17.2 Å². The second kappa shape index (κ2) is 6.89. The highest BCUT2D eigenvalue weighted by Gasteiger charge is 2.19. The fourth-order valence-electron chi connectivity index (χ4n) is 1.67. The average molecular weight is 363 g/mol. The van der Waals surface area contributed by atoms with Crippen LogP contribution in [0.25, 0.3) is 0 Å². The van der Waals surface area contributed by atoms with Gasteiger partial charge in [0.25, 0.3) is 5.91 Å². The molecular formula is C14H7Cl2F3N2O2. The number of hydrogen-bond donors (Lipinski definition) is 2. The molecule has 0 aliphatic rings. The Morgan fingerprint density at radius 1 is 0.957 bits per heavy atom. The van der Waals surface area contributed by atoms with Gasteiger partial charge in [-0.1, -0.05) is 29.3 Å². The van der Waals surface area contributed by atoms with Gasteiger partial charge >= 0.3 is 6.03 Å². The van der Waals surface area contributed by atoms with Crippen molar-refractivity contribution in [2.24, 2.45) is 0 Å². The number of carbonyl (C=O) groups is 2. The average Bonchev–Trinajstić information content (AvgIpc) is 2.44. The van der Waals surface area contributed by atoms with Crippen LogP contribution >= 0.6 is 23.2 Å². The van der Waals surface area contributed by atoms with Gasteiger partial charge in [-0.15, -0.1) is 0 Å². The summed E-state index contributed by atoms with van der Waals surface area (Å²) in [7, 11) is 0. The molecule has 3 amide bonds. The largest absolute Gasteiger partial charge is 0.326 e. The maximum absolute atomic E-state index is 13.4. The fraction of sp³-hybridized carbons (Fsp3) is 0. The number of benzene rings is 2. The van der Waals surface area contributed by atoms with Crippen molar-refractivity contribution in [1.82, 2.24) is 5.32 Å². The number of urea groups is 1. The summed E-state index contributed by atoms with van der Waals surface area (Å²) in [6.45, 7) is 0. The molecule has 2 N–H and O–H groups in total. The molecule has 0 fully saturated rings. The maximum atomic E-state index is 13.4. The van der Waals surface area contributed by atoms with E-state index in [0.29, 0.717) is 0 Å². The zero-order valence-electron chi connectivity index (χ0n) is 11.1. The van der Waals surface area contributed by atoms with Gasteiger partial charge in [0, 0.05) is 5.69 Å². The number of hydrogen-bond acceptors (Lipinski definition) is 2. The molecule has 0 aliphatic carbocycles. The number of nitrogens with one attached hydrogen (secondary N) is 2. The number of halogens is 5. The Morgan fingerprint density at radius 3 is 2.00 bits per heavy atom. The first-order chi connectivity index (χ1) is 10.8. The Bertz CT molecular complexity index is 756. The first-order valence-corrected chi connectivity index (χ1v) is 6.76. The van der Waals surface area contributed by atoms with Crippen LogP contribution in [-0.4, -0.2) is 11.9 Å². The molecule has 2 aromatic rings. The highest BCUT2D eigenvalue weighted by atomic mass is 35.5. The summed E-state index contributed by atoms with van der Waals surface area (Å²) < 4.78 is 40.1. The van der Waals surface area contributed by atoms with Crippen molar-refractivity contribution in [2.75, 3.05) is 5.32 Å². The van der Waals surface area contributed by atoms with E-state index < -0.39 is 35.0 Å². The van der Waals surface area contributed by atoms with Crippen molar-refractivity contribution < 1.29 is 22.8 Å². The van der Waals surface area contributed by atoms with Gasteiger partial charge in [-0.05, 0) is 24.3 Å². The normalized spacial score (nSPS) is 10.3. The van der Waals surface area contributed by atoms with E-state index in [2.05, 4.69) is 5.32 Å². The molecule has 0 bridgehead atoms. The molecule has 120 valence electrons. The van der Waals surface area contributed by atoms with Crippen LogP contribution in [0.2, 0.25) is 10.0 Å². The summed E-state index contributed by atoms with van der Waals surface area (Å²) in [6, 6.07) is 3.82. The van der Waals surface area contributed by atoms with Gasteiger partial charge in [-0.2, -0.15) is 0 Å². The standard InChI is InChI=1S/C14H7Cl2F3N2O2/c15-7-4-6(5-8(16)12(7)19)20-14(23)21-13(22)11-9(17)2-1-3-10(11)18/h1-5H,(H2,20,21,22,23). The molecule has 0 saturated heterocycles. The lowest BCUT2D eigenvalue weighted by atomic mass is 10.2. The number of carbonyl (C=O) groups excluding carboxylic acids is 2. The van der Waals surface area contributed by atoms with Crippen LogP contribution in [0.1, 0.15) is 10.4 Å². The molecule has 9 heteroatoms. The van der Waals surface area contributed by atoms with Gasteiger partial charge in [0.15, 0.2) is 5.82 Å². The molecule has 0 atom stereocenters. The molecule has 4 nitrogen and oxygen atoms in total. The van der Waals surface area contributed by atoms with Gasteiger partial charge in [0.05, 0.1) is 10.0 Å². The summed E-state index contributed by atoms with van der Waals surface area (Å²) in [5, 5.41) is 3.17. The Morgan fingerprint density at radius 2 is 1.48 bits per heavy atom. The molecule has 0 radical (unpaired) electrons. The third kappa shape index (κ3) is 3.94. The summed E-state index contributed by atoms with van der Waals surface area (Å²) in [6.07, 6.45) is 0. The monoisotopic (exact) mass is 362 g/mol. The van der Waals surface area contributed by atoms with Gasteiger partial charge in [0.2, 0.25) is 0 Å². The molecule has 0 saturated carbocycles. The van der Waals surface area contributed by atoms with Crippen molar-refractivity contribution in [3.05, 3.63) is 63.4 Å². The van der Waals surface area contributed by atoms with Crippen molar-refractivity contribution >= 4 is 40.8 Å². The van der Waals surface area contributed by atoms with Crippen molar-refractivity contribution in [3.8, 4) is 0 Å². The van der Waals surface area contributed by atoms with Crippen LogP contribution in [-0.2, 0) is 0 Å². The van der Waals surface area contributed by atoms with E-state index >= 15 is 0 Å². The van der Waals surface area contributed by atoms with Gasteiger partial charge in [-0.25, -0.2) is 18.0 Å². The first-order valence-electron chi connectivity index (χ1n) is 6.00. The van der Waals surface area contributed by atoms with Gasteiger partial charge < -0.3 is 5.32 Å². The number of imide groups is 1. The molecule has 0 unspecified atom stereocenters. The topological polar surface area (TPSA) is 58.2 Å². The van der Waals surface area contributed by atoms with Crippen molar-refractivity contribution in [1.29, 1.82) is 0 Å². The fourth-order valence-corrected chi connectivity index (χ4v) is 2.16. The van der Waals surface area contributed by atoms with E-state index in [-0.39, 0.29) is 15.7 Å². The van der Waals surface area contributed by atoms with Crippen LogP contribution in [0.4, 0.5) is 23.7 Å². The zero-order chi connectivity index (χ0) is 17.1. The minimum Gasteiger partial charge on any atom is -0.308 e. The van der Waals surface area contributed by atoms with E-state index in [9.17, 15) is 22.8 Å². The second-order valence-electron chi connectivity index (χ2n) is 4.26. The molecule has 0 spiro atoms. The van der Waals surface area contributed by atoms with E-state index in [1.54, 1.807) is 5.32 Å². The highest BCUT2D eigenvalue weighted by Crippen LogP contribution is 2.27.